The van der Waals surface area contributed by atoms with Gasteiger partial charge in [-0.3, -0.25) is 0 Å². The van der Waals surface area contributed by atoms with Crippen molar-refractivity contribution in [1.82, 2.24) is 5.32 Å². The second-order valence-electron chi connectivity index (χ2n) is 4.62. The Balaban J connectivity index is 2.16. The minimum Gasteiger partial charge on any atom is -0.490 e. The highest BCUT2D eigenvalue weighted by Crippen LogP contribution is 2.27. The maximum atomic E-state index is 9.79. The number of fused-ring (bicyclic) bond motifs is 1. The maximum absolute atomic E-state index is 9.79. The van der Waals surface area contributed by atoms with Crippen molar-refractivity contribution in [2.45, 2.75) is 13.0 Å². The Morgan fingerprint density at radius 3 is 2.70 bits per heavy atom. The molecule has 0 aliphatic carbocycles. The number of nitrogens with one attached hydrogen (secondary N) is 2. The molecule has 2 aromatic carbocycles. The fourth-order valence-corrected chi connectivity index (χ4v) is 2.10. The predicted molar refractivity (Wildman–Crippen MR) is 81.9 cm³/mol. The van der Waals surface area contributed by atoms with Crippen molar-refractivity contribution in [3.63, 3.8) is 0 Å². The third kappa shape index (κ3) is 3.35. The molecule has 0 radical (unpaired) electrons. The molecular weight excluding hydrogens is 252 g/mol. The zero-order valence-corrected chi connectivity index (χ0v) is 11.6. The van der Waals surface area contributed by atoms with Gasteiger partial charge in [0.05, 0.1) is 0 Å². The van der Waals surface area contributed by atoms with Crippen LogP contribution in [0, 0.1) is 5.41 Å². The van der Waals surface area contributed by atoms with Crippen LogP contribution in [0.1, 0.15) is 12.5 Å². The Morgan fingerprint density at radius 1 is 1.25 bits per heavy atom. The van der Waals surface area contributed by atoms with Crippen LogP contribution in [0.2, 0.25) is 0 Å². The molecule has 20 heavy (non-hydrogen) atoms. The van der Waals surface area contributed by atoms with Crippen molar-refractivity contribution < 1.29 is 9.84 Å². The Bertz CT molecular complexity index is 584. The van der Waals surface area contributed by atoms with Crippen LogP contribution < -0.4 is 10.1 Å². The molecule has 4 nitrogen and oxygen atoms in total. The topological polar surface area (TPSA) is 65.3 Å². The molecule has 0 fully saturated rings. The number of benzene rings is 2. The molecule has 0 saturated heterocycles. The Kier molecular flexibility index (Phi) is 5.09. The highest BCUT2D eigenvalue weighted by Gasteiger charge is 2.08. The normalized spacial score (nSPS) is 12.3. The first kappa shape index (κ1) is 14.5. The summed E-state index contributed by atoms with van der Waals surface area (Å²) in [6.45, 7) is 3.60. The Hall–Kier alpha value is -1.91. The number of hydrogen-bond donors (Lipinski definition) is 3. The summed E-state index contributed by atoms with van der Waals surface area (Å²) >= 11 is 0. The van der Waals surface area contributed by atoms with Gasteiger partial charge in [0.25, 0.3) is 0 Å². The summed E-state index contributed by atoms with van der Waals surface area (Å²) in [7, 11) is 0. The molecule has 2 rings (SSSR count). The molecule has 0 spiro atoms. The van der Waals surface area contributed by atoms with E-state index in [2.05, 4.69) is 5.32 Å². The number of aliphatic hydroxyl groups excluding tert-OH is 1. The molecule has 0 heterocycles. The first-order valence-corrected chi connectivity index (χ1v) is 6.80. The summed E-state index contributed by atoms with van der Waals surface area (Å²) in [5.41, 5.74) is 0.862. The molecule has 0 aliphatic rings. The van der Waals surface area contributed by atoms with Crippen molar-refractivity contribution in [1.29, 1.82) is 5.41 Å². The van der Waals surface area contributed by atoms with Crippen LogP contribution in [0.3, 0.4) is 0 Å². The standard InChI is InChI=1S/C16H20N2O2/c1-2-18-10-13(19)11-20-16-8-7-12(9-17)14-5-3-4-6-15(14)16/h3-9,13,17-19H,2,10-11H2,1H3. The van der Waals surface area contributed by atoms with E-state index in [1.54, 1.807) is 0 Å². The Labute approximate surface area is 118 Å². The molecule has 2 aromatic rings. The van der Waals surface area contributed by atoms with E-state index in [9.17, 15) is 5.11 Å². The monoisotopic (exact) mass is 272 g/mol. The quantitative estimate of drug-likeness (QED) is 0.677. The van der Waals surface area contributed by atoms with E-state index in [1.165, 1.54) is 6.21 Å². The highest BCUT2D eigenvalue weighted by molar-refractivity contribution is 6.01. The number of hydrogen-bond acceptors (Lipinski definition) is 4. The molecule has 4 heteroatoms. The van der Waals surface area contributed by atoms with Crippen LogP contribution in [0.25, 0.3) is 10.8 Å². The lowest BCUT2D eigenvalue weighted by Gasteiger charge is -2.14. The molecule has 0 bridgehead atoms. The van der Waals surface area contributed by atoms with Gasteiger partial charge in [-0.05, 0) is 24.1 Å². The fraction of sp³-hybridized carbons (Fsp3) is 0.312. The van der Waals surface area contributed by atoms with Crippen LogP contribution in [0.15, 0.2) is 36.4 Å². The van der Waals surface area contributed by atoms with E-state index in [-0.39, 0.29) is 6.61 Å². The molecule has 106 valence electrons. The van der Waals surface area contributed by atoms with Gasteiger partial charge >= 0.3 is 0 Å². The fourth-order valence-electron chi connectivity index (χ4n) is 2.10. The van der Waals surface area contributed by atoms with Crippen LogP contribution in [0.4, 0.5) is 0 Å². The third-order valence-corrected chi connectivity index (χ3v) is 3.13. The van der Waals surface area contributed by atoms with E-state index in [0.717, 1.165) is 28.6 Å². The lowest BCUT2D eigenvalue weighted by molar-refractivity contribution is 0.108. The maximum Gasteiger partial charge on any atom is 0.127 e. The number of ether oxygens (including phenoxy) is 1. The smallest absolute Gasteiger partial charge is 0.127 e. The van der Waals surface area contributed by atoms with Crippen LogP contribution in [0.5, 0.6) is 5.75 Å². The van der Waals surface area contributed by atoms with E-state index in [1.807, 2.05) is 43.3 Å². The zero-order chi connectivity index (χ0) is 14.4. The lowest BCUT2D eigenvalue weighted by Crippen LogP contribution is -2.31. The van der Waals surface area contributed by atoms with Gasteiger partial charge in [-0.1, -0.05) is 31.2 Å². The van der Waals surface area contributed by atoms with Gasteiger partial charge in [0.1, 0.15) is 18.5 Å². The Morgan fingerprint density at radius 2 is 2.00 bits per heavy atom. The largest absolute Gasteiger partial charge is 0.490 e. The van der Waals surface area contributed by atoms with Gasteiger partial charge in [-0.2, -0.15) is 0 Å². The molecule has 0 amide bonds. The van der Waals surface area contributed by atoms with E-state index in [0.29, 0.717) is 6.54 Å². The third-order valence-electron chi connectivity index (χ3n) is 3.13. The minimum atomic E-state index is -0.531. The van der Waals surface area contributed by atoms with Gasteiger partial charge < -0.3 is 20.6 Å². The van der Waals surface area contributed by atoms with Gasteiger partial charge in [0, 0.05) is 23.7 Å². The average molecular weight is 272 g/mol. The minimum absolute atomic E-state index is 0.251. The second-order valence-corrected chi connectivity index (χ2v) is 4.62. The van der Waals surface area contributed by atoms with E-state index < -0.39 is 6.10 Å². The summed E-state index contributed by atoms with van der Waals surface area (Å²) < 4.78 is 5.71. The van der Waals surface area contributed by atoms with Crippen molar-refractivity contribution >= 4 is 17.0 Å². The number of aliphatic hydroxyl groups is 1. The first-order valence-electron chi connectivity index (χ1n) is 6.80. The summed E-state index contributed by atoms with van der Waals surface area (Å²) in [6, 6.07) is 11.5. The van der Waals surface area contributed by atoms with Gasteiger partial charge in [-0.25, -0.2) is 0 Å². The molecular formula is C16H20N2O2. The van der Waals surface area contributed by atoms with Crippen molar-refractivity contribution in [3.05, 3.63) is 42.0 Å². The average Bonchev–Trinajstić information content (AvgIpc) is 2.50. The predicted octanol–water partition coefficient (Wildman–Crippen LogP) is 2.19. The van der Waals surface area contributed by atoms with E-state index >= 15 is 0 Å². The lowest BCUT2D eigenvalue weighted by atomic mass is 10.0. The second kappa shape index (κ2) is 7.03. The molecule has 1 unspecified atom stereocenters. The summed E-state index contributed by atoms with van der Waals surface area (Å²) in [5, 5.41) is 22.2. The zero-order valence-electron chi connectivity index (χ0n) is 11.6. The van der Waals surface area contributed by atoms with Crippen molar-refractivity contribution in [2.75, 3.05) is 19.7 Å². The van der Waals surface area contributed by atoms with Gasteiger partial charge in [0.15, 0.2) is 0 Å². The molecule has 1 atom stereocenters. The first-order chi connectivity index (χ1) is 9.76. The SMILES string of the molecule is CCNCC(O)COc1ccc(C=N)c2ccccc12. The summed E-state index contributed by atoms with van der Waals surface area (Å²) in [5.74, 6) is 0.738. The summed E-state index contributed by atoms with van der Waals surface area (Å²) in [6.07, 6.45) is 0.808. The van der Waals surface area contributed by atoms with Crippen LogP contribution in [-0.4, -0.2) is 37.1 Å². The molecule has 3 N–H and O–H groups in total. The molecule has 0 aliphatic heterocycles. The van der Waals surface area contributed by atoms with Gasteiger partial charge in [0.2, 0.25) is 0 Å². The van der Waals surface area contributed by atoms with Crippen LogP contribution in [-0.2, 0) is 0 Å². The van der Waals surface area contributed by atoms with E-state index in [4.69, 9.17) is 10.1 Å². The molecule has 0 aromatic heterocycles. The number of likely N-dealkylation sites (N-methyl/N-ethyl adjacent to an activating group) is 1. The van der Waals surface area contributed by atoms with Crippen molar-refractivity contribution in [2.24, 2.45) is 0 Å². The molecule has 0 saturated carbocycles. The van der Waals surface area contributed by atoms with Gasteiger partial charge in [-0.15, -0.1) is 0 Å². The highest BCUT2D eigenvalue weighted by atomic mass is 16.5. The summed E-state index contributed by atoms with van der Waals surface area (Å²) in [4.78, 5) is 0. The van der Waals surface area contributed by atoms with Crippen LogP contribution >= 0.6 is 0 Å². The number of rotatable bonds is 7. The van der Waals surface area contributed by atoms with Crippen molar-refractivity contribution in [3.8, 4) is 5.75 Å².